The topological polar surface area (TPSA) is 131 Å². The van der Waals surface area contributed by atoms with Crippen LogP contribution in [-0.4, -0.2) is 29.9 Å². The van der Waals surface area contributed by atoms with Gasteiger partial charge in [-0.2, -0.15) is 0 Å². The van der Waals surface area contributed by atoms with E-state index >= 15 is 0 Å². The lowest BCUT2D eigenvalue weighted by Crippen LogP contribution is -2.13. The highest BCUT2D eigenvalue weighted by molar-refractivity contribution is 5.95. The minimum Gasteiger partial charge on any atom is -0.494 e. The smallest absolute Gasteiger partial charge is 0.141 e. The maximum atomic E-state index is 7.35. The van der Waals surface area contributed by atoms with Crippen molar-refractivity contribution in [2.45, 2.75) is 19.3 Å². The molecule has 0 saturated heterocycles. The molecule has 7 heteroatoms. The molecule has 0 aliphatic rings. The Labute approximate surface area is 147 Å². The summed E-state index contributed by atoms with van der Waals surface area (Å²) < 4.78 is 11.3. The van der Waals surface area contributed by atoms with E-state index in [4.69, 9.17) is 31.8 Å². The Bertz CT molecular complexity index is 716. The highest BCUT2D eigenvalue weighted by atomic mass is 16.5. The maximum Gasteiger partial charge on any atom is 0.141 e. The second-order valence-corrected chi connectivity index (χ2v) is 5.49. The van der Waals surface area contributed by atoms with Crippen molar-refractivity contribution >= 4 is 11.7 Å². The number of ether oxygens (including phenoxy) is 2. The van der Waals surface area contributed by atoms with Gasteiger partial charge in [0, 0.05) is 17.8 Å². The van der Waals surface area contributed by atoms with Gasteiger partial charge in [0.2, 0.25) is 0 Å². The number of amidine groups is 2. The van der Waals surface area contributed by atoms with Gasteiger partial charge in [0.05, 0.1) is 13.2 Å². The molecular weight excluding hydrogens is 318 g/mol. The summed E-state index contributed by atoms with van der Waals surface area (Å²) in [7, 11) is 0. The molecule has 0 spiro atoms. The molecule has 0 fully saturated rings. The Kier molecular flexibility index (Phi) is 6.76. The number of nitrogen functional groups attached to an aromatic ring is 2. The molecule has 6 N–H and O–H groups in total. The molecule has 0 bridgehead atoms. The lowest BCUT2D eigenvalue weighted by atomic mass is 10.2. The summed E-state index contributed by atoms with van der Waals surface area (Å²) in [6.07, 6.45) is 4.39. The molecule has 0 unspecified atom stereocenters. The number of benzene rings is 1. The van der Waals surface area contributed by atoms with Gasteiger partial charge in [0.1, 0.15) is 28.9 Å². The van der Waals surface area contributed by atoms with Crippen molar-refractivity contribution in [1.29, 1.82) is 10.8 Å². The summed E-state index contributed by atoms with van der Waals surface area (Å²) >= 11 is 0. The van der Waals surface area contributed by atoms with E-state index in [0.29, 0.717) is 30.2 Å². The first kappa shape index (κ1) is 18.3. The quantitative estimate of drug-likeness (QED) is 0.299. The van der Waals surface area contributed by atoms with Crippen molar-refractivity contribution in [2.75, 3.05) is 13.2 Å². The van der Waals surface area contributed by atoms with Crippen molar-refractivity contribution in [3.05, 3.63) is 53.9 Å². The van der Waals surface area contributed by atoms with Crippen LogP contribution in [0.5, 0.6) is 11.5 Å². The Balaban J connectivity index is 1.60. The zero-order valence-electron chi connectivity index (χ0n) is 14.0. The first-order chi connectivity index (χ1) is 12.1. The van der Waals surface area contributed by atoms with Gasteiger partial charge in [-0.3, -0.25) is 15.8 Å². The van der Waals surface area contributed by atoms with Crippen LogP contribution in [0.2, 0.25) is 0 Å². The van der Waals surface area contributed by atoms with Crippen molar-refractivity contribution < 1.29 is 9.47 Å². The summed E-state index contributed by atoms with van der Waals surface area (Å²) in [6, 6.07) is 10.6. The first-order valence-corrected chi connectivity index (χ1v) is 8.07. The van der Waals surface area contributed by atoms with E-state index < -0.39 is 0 Å². The number of nitrogens with zero attached hydrogens (tertiary/aromatic N) is 1. The normalized spacial score (nSPS) is 10.2. The Hall–Kier alpha value is -3.09. The summed E-state index contributed by atoms with van der Waals surface area (Å²) in [6.45, 7) is 1.22. The molecule has 0 atom stereocenters. The number of nitrogens with two attached hydrogens (primary N) is 2. The Morgan fingerprint density at radius 1 is 0.840 bits per heavy atom. The fourth-order valence-electron chi connectivity index (χ4n) is 2.14. The third-order valence-electron chi connectivity index (χ3n) is 3.50. The van der Waals surface area contributed by atoms with Crippen LogP contribution in [0.15, 0.2) is 42.6 Å². The van der Waals surface area contributed by atoms with Crippen molar-refractivity contribution in [3.63, 3.8) is 0 Å². The molecule has 0 aliphatic heterocycles. The Morgan fingerprint density at radius 3 is 2.08 bits per heavy atom. The standard InChI is InChI=1S/C18H23N5O2/c19-17(20)13-4-6-14(7-5-13)24-10-2-1-3-11-25-15-8-9-23-16(12-15)18(21)22/h4-9,12H,1-3,10-11H2,(H3,19,20)(H3,21,22). The van der Waals surface area contributed by atoms with Gasteiger partial charge < -0.3 is 20.9 Å². The molecule has 0 aliphatic carbocycles. The minimum atomic E-state index is -0.0704. The molecule has 0 saturated carbocycles. The van der Waals surface area contributed by atoms with E-state index in [1.165, 1.54) is 0 Å². The van der Waals surface area contributed by atoms with Gasteiger partial charge in [-0.1, -0.05) is 0 Å². The number of unbranched alkanes of at least 4 members (excludes halogenated alkanes) is 2. The molecule has 2 rings (SSSR count). The van der Waals surface area contributed by atoms with E-state index in [2.05, 4.69) is 4.98 Å². The second kappa shape index (κ2) is 9.27. The summed E-state index contributed by atoms with van der Waals surface area (Å²) in [5.74, 6) is 1.42. The zero-order valence-corrected chi connectivity index (χ0v) is 14.0. The molecule has 25 heavy (non-hydrogen) atoms. The highest BCUT2D eigenvalue weighted by Crippen LogP contribution is 2.13. The van der Waals surface area contributed by atoms with Gasteiger partial charge >= 0.3 is 0 Å². The van der Waals surface area contributed by atoms with Gasteiger partial charge in [-0.25, -0.2) is 0 Å². The molecule has 7 nitrogen and oxygen atoms in total. The SMILES string of the molecule is N=C(N)c1ccc(OCCCCCOc2ccnc(C(=N)N)c2)cc1. The molecule has 2 aromatic rings. The molecule has 132 valence electrons. The van der Waals surface area contributed by atoms with Crippen molar-refractivity contribution in [3.8, 4) is 11.5 Å². The van der Waals surface area contributed by atoms with E-state index in [0.717, 1.165) is 25.0 Å². The van der Waals surface area contributed by atoms with E-state index in [-0.39, 0.29) is 11.7 Å². The molecule has 0 radical (unpaired) electrons. The molecule has 0 amide bonds. The summed E-state index contributed by atoms with van der Waals surface area (Å²) in [5.41, 5.74) is 11.9. The lowest BCUT2D eigenvalue weighted by molar-refractivity contribution is 0.279. The van der Waals surface area contributed by atoms with Crippen LogP contribution in [0, 0.1) is 10.8 Å². The van der Waals surface area contributed by atoms with E-state index in [1.807, 2.05) is 12.1 Å². The summed E-state index contributed by atoms with van der Waals surface area (Å²) in [4.78, 5) is 3.99. The zero-order chi connectivity index (χ0) is 18.1. The average molecular weight is 341 g/mol. The number of rotatable bonds is 10. The number of hydrogen-bond acceptors (Lipinski definition) is 5. The fraction of sp³-hybridized carbons (Fsp3) is 0.278. The van der Waals surface area contributed by atoms with Gasteiger partial charge in [-0.15, -0.1) is 0 Å². The third-order valence-corrected chi connectivity index (χ3v) is 3.50. The number of hydrogen-bond donors (Lipinski definition) is 4. The number of aromatic nitrogens is 1. The van der Waals surface area contributed by atoms with Crippen LogP contribution in [0.3, 0.4) is 0 Å². The van der Waals surface area contributed by atoms with E-state index in [1.54, 1.807) is 30.5 Å². The van der Waals surface area contributed by atoms with Crippen molar-refractivity contribution in [1.82, 2.24) is 4.98 Å². The van der Waals surface area contributed by atoms with Crippen LogP contribution in [0.25, 0.3) is 0 Å². The Morgan fingerprint density at radius 2 is 1.48 bits per heavy atom. The molecule has 1 heterocycles. The molecule has 1 aromatic heterocycles. The lowest BCUT2D eigenvalue weighted by Gasteiger charge is -2.08. The average Bonchev–Trinajstić information content (AvgIpc) is 2.61. The van der Waals surface area contributed by atoms with E-state index in [9.17, 15) is 0 Å². The van der Waals surface area contributed by atoms with Gasteiger partial charge in [-0.05, 0) is 49.6 Å². The highest BCUT2D eigenvalue weighted by Gasteiger charge is 2.01. The predicted molar refractivity (Wildman–Crippen MR) is 97.6 cm³/mol. The monoisotopic (exact) mass is 341 g/mol. The number of pyridine rings is 1. The third kappa shape index (κ3) is 6.14. The second-order valence-electron chi connectivity index (χ2n) is 5.49. The largest absolute Gasteiger partial charge is 0.494 e. The van der Waals surface area contributed by atoms with Crippen LogP contribution in [-0.2, 0) is 0 Å². The first-order valence-electron chi connectivity index (χ1n) is 8.07. The predicted octanol–water partition coefficient (Wildman–Crippen LogP) is 2.28. The van der Waals surface area contributed by atoms with Gasteiger partial charge in [0.25, 0.3) is 0 Å². The van der Waals surface area contributed by atoms with Crippen molar-refractivity contribution in [2.24, 2.45) is 11.5 Å². The minimum absolute atomic E-state index is 0.0520. The fourth-order valence-corrected chi connectivity index (χ4v) is 2.14. The van der Waals surface area contributed by atoms with Gasteiger partial charge in [0.15, 0.2) is 0 Å². The van der Waals surface area contributed by atoms with Crippen LogP contribution in [0.4, 0.5) is 0 Å². The number of nitrogens with one attached hydrogen (secondary N) is 2. The summed E-state index contributed by atoms with van der Waals surface area (Å²) in [5, 5.41) is 14.7. The molecular formula is C18H23N5O2. The van der Waals surface area contributed by atoms with Crippen LogP contribution >= 0.6 is 0 Å². The molecule has 1 aromatic carbocycles. The maximum absolute atomic E-state index is 7.35. The van der Waals surface area contributed by atoms with Crippen LogP contribution in [0.1, 0.15) is 30.5 Å². The van der Waals surface area contributed by atoms with Crippen LogP contribution < -0.4 is 20.9 Å².